The lowest BCUT2D eigenvalue weighted by Crippen LogP contribution is -2.26. The van der Waals surface area contributed by atoms with E-state index >= 15 is 0 Å². The fourth-order valence-corrected chi connectivity index (χ4v) is 0.863. The van der Waals surface area contributed by atoms with Gasteiger partial charge < -0.3 is 16.2 Å². The summed E-state index contributed by atoms with van der Waals surface area (Å²) in [6.45, 7) is 1.43. The van der Waals surface area contributed by atoms with E-state index in [0.717, 1.165) is 0 Å². The lowest BCUT2D eigenvalue weighted by Gasteiger charge is -2.08. The summed E-state index contributed by atoms with van der Waals surface area (Å²) < 4.78 is 6.05. The Morgan fingerprint density at radius 1 is 1.62 bits per heavy atom. The van der Waals surface area contributed by atoms with Gasteiger partial charge in [0.05, 0.1) is 5.92 Å². The SMILES string of the molecule is CC(COC(=O)Cn1cnc(N)n1)C(N)=O. The molecule has 88 valence electrons. The number of anilines is 1. The number of nitrogen functional groups attached to an aromatic ring is 1. The van der Waals surface area contributed by atoms with Gasteiger partial charge in [-0.2, -0.15) is 0 Å². The summed E-state index contributed by atoms with van der Waals surface area (Å²) >= 11 is 0. The normalized spacial score (nSPS) is 12.1. The van der Waals surface area contributed by atoms with Gasteiger partial charge in [0.25, 0.3) is 0 Å². The maximum absolute atomic E-state index is 11.2. The minimum Gasteiger partial charge on any atom is -0.463 e. The highest BCUT2D eigenvalue weighted by atomic mass is 16.5. The number of ether oxygens (including phenoxy) is 1. The molecule has 0 aliphatic heterocycles. The Morgan fingerprint density at radius 2 is 2.31 bits per heavy atom. The Kier molecular flexibility index (Phi) is 3.81. The van der Waals surface area contributed by atoms with Crippen molar-refractivity contribution >= 4 is 17.8 Å². The number of rotatable bonds is 5. The van der Waals surface area contributed by atoms with Crippen LogP contribution in [0.1, 0.15) is 6.92 Å². The van der Waals surface area contributed by atoms with Gasteiger partial charge in [-0.15, -0.1) is 5.10 Å². The number of hydrogen-bond acceptors (Lipinski definition) is 6. The van der Waals surface area contributed by atoms with Gasteiger partial charge in [-0.1, -0.05) is 6.92 Å². The first kappa shape index (κ1) is 12.0. The molecule has 1 amide bonds. The monoisotopic (exact) mass is 227 g/mol. The van der Waals surface area contributed by atoms with Crippen molar-refractivity contribution in [2.45, 2.75) is 13.5 Å². The van der Waals surface area contributed by atoms with E-state index in [9.17, 15) is 9.59 Å². The van der Waals surface area contributed by atoms with Crippen LogP contribution >= 0.6 is 0 Å². The maximum Gasteiger partial charge on any atom is 0.327 e. The van der Waals surface area contributed by atoms with Gasteiger partial charge in [0, 0.05) is 0 Å². The number of carbonyl (C=O) groups excluding carboxylic acids is 2. The quantitative estimate of drug-likeness (QED) is 0.591. The van der Waals surface area contributed by atoms with Crippen molar-refractivity contribution in [2.24, 2.45) is 11.7 Å². The fourth-order valence-electron chi connectivity index (χ4n) is 0.863. The fraction of sp³-hybridized carbons (Fsp3) is 0.500. The molecule has 0 spiro atoms. The van der Waals surface area contributed by atoms with Gasteiger partial charge in [-0.05, 0) is 0 Å². The third-order valence-corrected chi connectivity index (χ3v) is 1.83. The van der Waals surface area contributed by atoms with Crippen LogP contribution in [0, 0.1) is 5.92 Å². The van der Waals surface area contributed by atoms with Gasteiger partial charge in [-0.25, -0.2) is 9.67 Å². The minimum absolute atomic E-state index is 0.0433. The van der Waals surface area contributed by atoms with Gasteiger partial charge >= 0.3 is 5.97 Å². The first-order chi connectivity index (χ1) is 7.49. The van der Waals surface area contributed by atoms with Crippen molar-refractivity contribution in [1.29, 1.82) is 0 Å². The van der Waals surface area contributed by atoms with E-state index in [2.05, 4.69) is 10.1 Å². The molecule has 1 heterocycles. The molecule has 0 saturated carbocycles. The molecule has 0 bridgehead atoms. The molecular formula is C8H13N5O3. The molecular weight excluding hydrogens is 214 g/mol. The molecule has 1 aromatic rings. The van der Waals surface area contributed by atoms with E-state index in [4.69, 9.17) is 16.2 Å². The zero-order chi connectivity index (χ0) is 12.1. The van der Waals surface area contributed by atoms with Crippen molar-refractivity contribution in [1.82, 2.24) is 14.8 Å². The number of aromatic nitrogens is 3. The second-order valence-electron chi connectivity index (χ2n) is 3.29. The molecule has 1 rings (SSSR count). The van der Waals surface area contributed by atoms with Crippen molar-refractivity contribution in [3.63, 3.8) is 0 Å². The predicted octanol–water partition coefficient (Wildman–Crippen LogP) is -1.48. The van der Waals surface area contributed by atoms with Crippen LogP contribution in [-0.4, -0.2) is 33.2 Å². The summed E-state index contributed by atoms with van der Waals surface area (Å²) in [5.41, 5.74) is 10.3. The molecule has 8 heteroatoms. The van der Waals surface area contributed by atoms with E-state index in [1.165, 1.54) is 11.0 Å². The topological polar surface area (TPSA) is 126 Å². The first-order valence-corrected chi connectivity index (χ1v) is 4.59. The molecule has 1 atom stereocenters. The summed E-state index contributed by atoms with van der Waals surface area (Å²) in [6, 6.07) is 0. The van der Waals surface area contributed by atoms with Crippen LogP contribution in [0.15, 0.2) is 6.33 Å². The third-order valence-electron chi connectivity index (χ3n) is 1.83. The van der Waals surface area contributed by atoms with Crippen molar-refractivity contribution in [2.75, 3.05) is 12.3 Å². The summed E-state index contributed by atoms with van der Waals surface area (Å²) in [4.78, 5) is 25.5. The van der Waals surface area contributed by atoms with E-state index in [1.807, 2.05) is 0 Å². The largest absolute Gasteiger partial charge is 0.463 e. The maximum atomic E-state index is 11.2. The summed E-state index contributed by atoms with van der Waals surface area (Å²) in [5.74, 6) is -1.47. The molecule has 0 fully saturated rings. The Bertz CT molecular complexity index is 389. The minimum atomic E-state index is -0.530. The second-order valence-corrected chi connectivity index (χ2v) is 3.29. The lowest BCUT2D eigenvalue weighted by atomic mass is 10.2. The Balaban J connectivity index is 2.34. The molecule has 0 aromatic carbocycles. The zero-order valence-electron chi connectivity index (χ0n) is 8.79. The zero-order valence-corrected chi connectivity index (χ0v) is 8.79. The van der Waals surface area contributed by atoms with Gasteiger partial charge in [0.1, 0.15) is 19.5 Å². The van der Waals surface area contributed by atoms with Crippen LogP contribution < -0.4 is 11.5 Å². The highest BCUT2D eigenvalue weighted by Crippen LogP contribution is 1.96. The Morgan fingerprint density at radius 3 is 2.81 bits per heavy atom. The van der Waals surface area contributed by atoms with Gasteiger partial charge in [0.15, 0.2) is 0 Å². The van der Waals surface area contributed by atoms with E-state index in [1.54, 1.807) is 6.92 Å². The predicted molar refractivity (Wildman–Crippen MR) is 53.8 cm³/mol. The number of carbonyl (C=O) groups is 2. The van der Waals surface area contributed by atoms with Crippen molar-refractivity contribution < 1.29 is 14.3 Å². The Labute approximate surface area is 91.6 Å². The molecule has 4 N–H and O–H groups in total. The number of nitrogens with two attached hydrogens (primary N) is 2. The summed E-state index contributed by atoms with van der Waals surface area (Å²) in [5, 5.41) is 3.70. The smallest absolute Gasteiger partial charge is 0.327 e. The molecule has 1 unspecified atom stereocenters. The Hall–Kier alpha value is -2.12. The van der Waals surface area contributed by atoms with Crippen LogP contribution in [0.5, 0.6) is 0 Å². The standard InChI is InChI=1S/C8H13N5O3/c1-5(7(9)15)3-16-6(14)2-13-4-11-8(10)12-13/h4-5H,2-3H2,1H3,(H2,9,15)(H2,10,12). The van der Waals surface area contributed by atoms with E-state index in [0.29, 0.717) is 0 Å². The molecule has 8 nitrogen and oxygen atoms in total. The molecule has 16 heavy (non-hydrogen) atoms. The number of nitrogens with zero attached hydrogens (tertiary/aromatic N) is 3. The van der Waals surface area contributed by atoms with E-state index < -0.39 is 17.8 Å². The summed E-state index contributed by atoms with van der Waals surface area (Å²) in [7, 11) is 0. The summed E-state index contributed by atoms with van der Waals surface area (Å²) in [6.07, 6.45) is 1.31. The molecule has 1 aromatic heterocycles. The van der Waals surface area contributed by atoms with Crippen LogP contribution in [-0.2, 0) is 20.9 Å². The van der Waals surface area contributed by atoms with Crippen LogP contribution in [0.4, 0.5) is 5.95 Å². The number of hydrogen-bond donors (Lipinski definition) is 2. The average molecular weight is 227 g/mol. The molecule has 0 aliphatic carbocycles. The number of primary amides is 1. The van der Waals surface area contributed by atoms with Crippen molar-refractivity contribution in [3.05, 3.63) is 6.33 Å². The van der Waals surface area contributed by atoms with Crippen LogP contribution in [0.25, 0.3) is 0 Å². The van der Waals surface area contributed by atoms with Gasteiger partial charge in [0.2, 0.25) is 11.9 Å². The third kappa shape index (κ3) is 3.56. The van der Waals surface area contributed by atoms with E-state index in [-0.39, 0.29) is 19.1 Å². The molecule has 0 saturated heterocycles. The molecule has 0 radical (unpaired) electrons. The highest BCUT2D eigenvalue weighted by Gasteiger charge is 2.12. The van der Waals surface area contributed by atoms with Crippen LogP contribution in [0.2, 0.25) is 0 Å². The first-order valence-electron chi connectivity index (χ1n) is 4.59. The average Bonchev–Trinajstić information content (AvgIpc) is 2.60. The lowest BCUT2D eigenvalue weighted by molar-refractivity contribution is -0.146. The molecule has 0 aliphatic rings. The van der Waals surface area contributed by atoms with Gasteiger partial charge in [-0.3, -0.25) is 9.59 Å². The number of esters is 1. The van der Waals surface area contributed by atoms with Crippen molar-refractivity contribution in [3.8, 4) is 0 Å². The highest BCUT2D eigenvalue weighted by molar-refractivity contribution is 5.77. The number of amides is 1. The van der Waals surface area contributed by atoms with Crippen LogP contribution in [0.3, 0.4) is 0 Å². The second kappa shape index (κ2) is 5.10.